The first-order valence-electron chi connectivity index (χ1n) is 5.74. The molecular weight excluding hydrogens is 264 g/mol. The Bertz CT molecular complexity index is 581. The third kappa shape index (κ3) is 3.06. The second-order valence-electron chi connectivity index (χ2n) is 3.87. The van der Waals surface area contributed by atoms with E-state index in [-0.39, 0.29) is 0 Å². The number of aldehydes is 1. The number of hydrogen-bond acceptors (Lipinski definition) is 3. The van der Waals surface area contributed by atoms with Gasteiger partial charge >= 0.3 is 0 Å². The number of para-hydroxylation sites is 1. The summed E-state index contributed by atoms with van der Waals surface area (Å²) in [5.41, 5.74) is 1.26. The maximum atomic E-state index is 11.0. The molecule has 0 saturated heterocycles. The van der Waals surface area contributed by atoms with E-state index in [0.29, 0.717) is 29.2 Å². The molecule has 19 heavy (non-hydrogen) atoms. The molecule has 0 radical (unpaired) electrons. The van der Waals surface area contributed by atoms with Crippen LogP contribution in [0.2, 0.25) is 5.02 Å². The average Bonchev–Trinajstić information content (AvgIpc) is 2.45. The number of hydrogen-bond donors (Lipinski definition) is 0. The van der Waals surface area contributed by atoms with Gasteiger partial charge in [0.2, 0.25) is 0 Å². The van der Waals surface area contributed by atoms with Gasteiger partial charge in [0.1, 0.15) is 18.1 Å². The molecule has 2 aromatic rings. The lowest BCUT2D eigenvalue weighted by Gasteiger charge is -2.11. The van der Waals surface area contributed by atoms with Gasteiger partial charge in [-0.15, -0.1) is 0 Å². The summed E-state index contributed by atoms with van der Waals surface area (Å²) >= 11 is 5.93. The summed E-state index contributed by atoms with van der Waals surface area (Å²) in [7, 11) is 1.61. The lowest BCUT2D eigenvalue weighted by atomic mass is 10.2. The number of carbonyl (C=O) groups is 1. The molecule has 0 fully saturated rings. The number of methoxy groups -OCH3 is 1. The largest absolute Gasteiger partial charge is 0.496 e. The maximum Gasteiger partial charge on any atom is 0.155 e. The Kier molecular flexibility index (Phi) is 4.42. The Morgan fingerprint density at radius 3 is 2.58 bits per heavy atom. The molecule has 0 aliphatic carbocycles. The van der Waals surface area contributed by atoms with Gasteiger partial charge in [-0.3, -0.25) is 4.79 Å². The van der Waals surface area contributed by atoms with Gasteiger partial charge in [-0.2, -0.15) is 0 Å². The summed E-state index contributed by atoms with van der Waals surface area (Å²) in [4.78, 5) is 11.0. The first-order chi connectivity index (χ1) is 9.26. The Morgan fingerprint density at radius 1 is 1.11 bits per heavy atom. The fourth-order valence-electron chi connectivity index (χ4n) is 1.74. The summed E-state index contributed by atoms with van der Waals surface area (Å²) < 4.78 is 10.9. The van der Waals surface area contributed by atoms with E-state index in [1.807, 2.05) is 24.3 Å². The first-order valence-corrected chi connectivity index (χ1v) is 6.12. The summed E-state index contributed by atoms with van der Waals surface area (Å²) in [6.07, 6.45) is 0.694. The van der Waals surface area contributed by atoms with Crippen molar-refractivity contribution in [1.29, 1.82) is 0 Å². The summed E-state index contributed by atoms with van der Waals surface area (Å²) in [6, 6.07) is 12.7. The van der Waals surface area contributed by atoms with Crippen molar-refractivity contribution in [3.8, 4) is 11.5 Å². The van der Waals surface area contributed by atoms with Crippen LogP contribution in [0, 0.1) is 0 Å². The molecule has 2 aromatic carbocycles. The highest BCUT2D eigenvalue weighted by molar-refractivity contribution is 6.33. The number of ether oxygens (including phenoxy) is 2. The van der Waals surface area contributed by atoms with Crippen molar-refractivity contribution in [2.45, 2.75) is 6.61 Å². The van der Waals surface area contributed by atoms with Gasteiger partial charge in [-0.1, -0.05) is 35.9 Å². The highest BCUT2D eigenvalue weighted by Crippen LogP contribution is 2.26. The highest BCUT2D eigenvalue weighted by atomic mass is 35.5. The molecule has 4 heteroatoms. The number of benzene rings is 2. The second-order valence-corrected chi connectivity index (χ2v) is 4.28. The lowest BCUT2D eigenvalue weighted by molar-refractivity contribution is 0.111. The molecule has 0 aliphatic rings. The molecule has 98 valence electrons. The third-order valence-electron chi connectivity index (χ3n) is 2.71. The predicted octanol–water partition coefficient (Wildman–Crippen LogP) is 3.74. The Hall–Kier alpha value is -2.00. The standard InChI is InChI=1S/C15H13ClO3/c1-18-14-7-3-2-5-11(14)10-19-15-8-4-6-13(16)12(15)9-17/h2-9H,10H2,1H3. The predicted molar refractivity (Wildman–Crippen MR) is 74.2 cm³/mol. The SMILES string of the molecule is COc1ccccc1COc1cccc(Cl)c1C=O. The summed E-state index contributed by atoms with van der Waals surface area (Å²) in [6.45, 7) is 0.311. The van der Waals surface area contributed by atoms with Crippen LogP contribution in [-0.4, -0.2) is 13.4 Å². The topological polar surface area (TPSA) is 35.5 Å². The zero-order chi connectivity index (χ0) is 13.7. The van der Waals surface area contributed by atoms with Crippen LogP contribution >= 0.6 is 11.6 Å². The number of halogens is 1. The van der Waals surface area contributed by atoms with Crippen molar-refractivity contribution in [2.24, 2.45) is 0 Å². The smallest absolute Gasteiger partial charge is 0.155 e. The molecule has 0 amide bonds. The average molecular weight is 277 g/mol. The molecule has 0 saturated carbocycles. The molecule has 0 N–H and O–H groups in total. The third-order valence-corrected chi connectivity index (χ3v) is 3.04. The van der Waals surface area contributed by atoms with E-state index < -0.39 is 0 Å². The Morgan fingerprint density at radius 2 is 1.84 bits per heavy atom. The van der Waals surface area contributed by atoms with Crippen LogP contribution in [0.3, 0.4) is 0 Å². The van der Waals surface area contributed by atoms with Crippen LogP contribution in [0.4, 0.5) is 0 Å². The molecule has 2 rings (SSSR count). The van der Waals surface area contributed by atoms with Crippen LogP contribution in [0.15, 0.2) is 42.5 Å². The Balaban J connectivity index is 2.19. The van der Waals surface area contributed by atoms with E-state index in [2.05, 4.69) is 0 Å². The number of carbonyl (C=O) groups excluding carboxylic acids is 1. The molecule has 0 bridgehead atoms. The minimum Gasteiger partial charge on any atom is -0.496 e. The first kappa shape index (κ1) is 13.4. The van der Waals surface area contributed by atoms with Crippen LogP contribution in [-0.2, 0) is 6.61 Å². The van der Waals surface area contributed by atoms with E-state index in [1.54, 1.807) is 25.3 Å². The summed E-state index contributed by atoms with van der Waals surface area (Å²) in [5, 5.41) is 0.382. The van der Waals surface area contributed by atoms with Crippen molar-refractivity contribution < 1.29 is 14.3 Å². The summed E-state index contributed by atoms with van der Waals surface area (Å²) in [5.74, 6) is 1.21. The molecule has 0 heterocycles. The maximum absolute atomic E-state index is 11.0. The van der Waals surface area contributed by atoms with Gasteiger partial charge < -0.3 is 9.47 Å². The molecule has 0 aromatic heterocycles. The van der Waals surface area contributed by atoms with E-state index in [9.17, 15) is 4.79 Å². The van der Waals surface area contributed by atoms with Crippen LogP contribution < -0.4 is 9.47 Å². The molecule has 0 unspecified atom stereocenters. The zero-order valence-corrected chi connectivity index (χ0v) is 11.2. The molecule has 0 aliphatic heterocycles. The van der Waals surface area contributed by atoms with Gasteiger partial charge in [-0.05, 0) is 18.2 Å². The zero-order valence-electron chi connectivity index (χ0n) is 10.4. The van der Waals surface area contributed by atoms with Crippen molar-refractivity contribution in [3.63, 3.8) is 0 Å². The van der Waals surface area contributed by atoms with Gasteiger partial charge in [0.15, 0.2) is 6.29 Å². The van der Waals surface area contributed by atoms with Crippen LogP contribution in [0.25, 0.3) is 0 Å². The van der Waals surface area contributed by atoms with Crippen molar-refractivity contribution in [3.05, 3.63) is 58.6 Å². The van der Waals surface area contributed by atoms with Gasteiger partial charge in [-0.25, -0.2) is 0 Å². The van der Waals surface area contributed by atoms with E-state index >= 15 is 0 Å². The Labute approximate surface area is 116 Å². The fourth-order valence-corrected chi connectivity index (χ4v) is 1.95. The van der Waals surface area contributed by atoms with E-state index in [1.165, 1.54) is 0 Å². The van der Waals surface area contributed by atoms with Gasteiger partial charge in [0, 0.05) is 5.56 Å². The van der Waals surface area contributed by atoms with E-state index in [0.717, 1.165) is 11.3 Å². The van der Waals surface area contributed by atoms with Crippen molar-refractivity contribution in [2.75, 3.05) is 7.11 Å². The van der Waals surface area contributed by atoms with Crippen molar-refractivity contribution >= 4 is 17.9 Å². The fraction of sp³-hybridized carbons (Fsp3) is 0.133. The minimum absolute atomic E-state index is 0.311. The molecule has 0 spiro atoms. The normalized spacial score (nSPS) is 10.0. The minimum atomic E-state index is 0.311. The van der Waals surface area contributed by atoms with Gasteiger partial charge in [0.25, 0.3) is 0 Å². The molecular formula is C15H13ClO3. The van der Waals surface area contributed by atoms with Crippen molar-refractivity contribution in [1.82, 2.24) is 0 Å². The monoisotopic (exact) mass is 276 g/mol. The number of rotatable bonds is 5. The van der Waals surface area contributed by atoms with Crippen LogP contribution in [0.1, 0.15) is 15.9 Å². The quantitative estimate of drug-likeness (QED) is 0.781. The molecule has 3 nitrogen and oxygen atoms in total. The van der Waals surface area contributed by atoms with Gasteiger partial charge in [0.05, 0.1) is 17.7 Å². The van der Waals surface area contributed by atoms with Crippen LogP contribution in [0.5, 0.6) is 11.5 Å². The highest BCUT2D eigenvalue weighted by Gasteiger charge is 2.08. The van der Waals surface area contributed by atoms with E-state index in [4.69, 9.17) is 21.1 Å². The second kappa shape index (κ2) is 6.25. The molecule has 0 atom stereocenters. The lowest BCUT2D eigenvalue weighted by Crippen LogP contribution is -2.00.